The summed E-state index contributed by atoms with van der Waals surface area (Å²) in [6.07, 6.45) is 27.2. The Balaban J connectivity index is 1.25. The predicted molar refractivity (Wildman–Crippen MR) is 242 cm³/mol. The monoisotopic (exact) mass is 747 g/mol. The van der Waals surface area contributed by atoms with Gasteiger partial charge in [0, 0.05) is 46.3 Å². The lowest BCUT2D eigenvalue weighted by Crippen LogP contribution is -2.24. The lowest BCUT2D eigenvalue weighted by atomic mass is 9.72. The first kappa shape index (κ1) is 40.2. The molecule has 2 atom stereocenters. The molecule has 0 spiro atoms. The average Bonchev–Trinajstić information content (AvgIpc) is 3.74. The highest BCUT2D eigenvalue weighted by Gasteiger charge is 2.42. The molecule has 56 heavy (non-hydrogen) atoms. The van der Waals surface area contributed by atoms with Crippen molar-refractivity contribution in [1.82, 2.24) is 9.13 Å². The second kappa shape index (κ2) is 20.9. The fourth-order valence-corrected chi connectivity index (χ4v) is 10.1. The molecule has 0 bridgehead atoms. The third-order valence-electron chi connectivity index (χ3n) is 13.0. The van der Waals surface area contributed by atoms with Gasteiger partial charge >= 0.3 is 0 Å². The third-order valence-corrected chi connectivity index (χ3v) is 13.0. The first-order valence-corrected chi connectivity index (χ1v) is 23.1. The van der Waals surface area contributed by atoms with Crippen LogP contribution in [0.4, 0.5) is 0 Å². The van der Waals surface area contributed by atoms with Crippen LogP contribution in [0.2, 0.25) is 0 Å². The van der Waals surface area contributed by atoms with Crippen LogP contribution in [0.5, 0.6) is 0 Å². The zero-order chi connectivity index (χ0) is 38.4. The molecule has 0 unspecified atom stereocenters. The summed E-state index contributed by atoms with van der Waals surface area (Å²) in [6.45, 7) is 6.77. The minimum Gasteiger partial charge on any atom is -0.343 e. The first-order chi connectivity index (χ1) is 27.8. The van der Waals surface area contributed by atoms with E-state index in [4.69, 9.17) is 0 Å². The first-order valence-electron chi connectivity index (χ1n) is 23.1. The Labute approximate surface area is 339 Å². The minimum absolute atomic E-state index is 0.176. The quantitative estimate of drug-likeness (QED) is 0.0545. The SMILES string of the molecule is CCCCCCCCCCCCn1c2c(c3ccccc31)[C@H](c1ccccc1)c1c(c3ccccc3n1CCCCCCCCCCCC)[C@H]2c1ccccc1. The number of para-hydroxylation sites is 2. The third kappa shape index (κ3) is 9.22. The summed E-state index contributed by atoms with van der Waals surface area (Å²) in [5.41, 5.74) is 11.8. The number of hydrogen-bond acceptors (Lipinski definition) is 0. The fraction of sp³-hybridized carbons (Fsp3) is 0.481. The van der Waals surface area contributed by atoms with E-state index in [0.717, 1.165) is 13.1 Å². The van der Waals surface area contributed by atoms with Crippen molar-refractivity contribution in [1.29, 1.82) is 0 Å². The molecule has 0 amide bonds. The van der Waals surface area contributed by atoms with Gasteiger partial charge in [0.25, 0.3) is 0 Å². The van der Waals surface area contributed by atoms with Crippen LogP contribution in [-0.4, -0.2) is 9.13 Å². The van der Waals surface area contributed by atoms with Crippen molar-refractivity contribution < 1.29 is 0 Å². The van der Waals surface area contributed by atoms with E-state index in [1.54, 1.807) is 0 Å². The molecular weight excluding hydrogens is 677 g/mol. The molecule has 296 valence electrons. The molecule has 0 saturated heterocycles. The van der Waals surface area contributed by atoms with Gasteiger partial charge in [-0.25, -0.2) is 0 Å². The van der Waals surface area contributed by atoms with E-state index in [1.807, 2.05) is 0 Å². The van der Waals surface area contributed by atoms with Crippen LogP contribution in [0.15, 0.2) is 109 Å². The van der Waals surface area contributed by atoms with Crippen molar-refractivity contribution in [3.05, 3.63) is 143 Å². The van der Waals surface area contributed by atoms with Gasteiger partial charge in [-0.2, -0.15) is 0 Å². The highest BCUT2D eigenvalue weighted by Crippen LogP contribution is 2.55. The number of aryl methyl sites for hydroxylation is 2. The smallest absolute Gasteiger partial charge is 0.0520 e. The van der Waals surface area contributed by atoms with E-state index in [-0.39, 0.29) is 11.8 Å². The molecule has 6 aromatic rings. The lowest BCUT2D eigenvalue weighted by Gasteiger charge is -2.34. The normalized spacial score (nSPS) is 15.1. The molecule has 0 aliphatic heterocycles. The van der Waals surface area contributed by atoms with E-state index in [2.05, 4.69) is 132 Å². The largest absolute Gasteiger partial charge is 0.343 e. The Kier molecular flexibility index (Phi) is 15.0. The van der Waals surface area contributed by atoms with Crippen LogP contribution in [0, 0.1) is 0 Å². The Morgan fingerprint density at radius 3 is 1.00 bits per heavy atom. The molecule has 2 nitrogen and oxygen atoms in total. The predicted octanol–water partition coefficient (Wildman–Crippen LogP) is 16.1. The maximum absolute atomic E-state index is 2.78. The Bertz CT molecular complexity index is 1900. The van der Waals surface area contributed by atoms with Gasteiger partial charge < -0.3 is 9.13 Å². The van der Waals surface area contributed by atoms with Gasteiger partial charge in [-0.3, -0.25) is 0 Å². The maximum Gasteiger partial charge on any atom is 0.0520 e. The number of nitrogens with zero attached hydrogens (tertiary/aromatic N) is 2. The summed E-state index contributed by atoms with van der Waals surface area (Å²) in [4.78, 5) is 0. The molecule has 4 aromatic carbocycles. The summed E-state index contributed by atoms with van der Waals surface area (Å²) < 4.78 is 5.56. The van der Waals surface area contributed by atoms with Crippen molar-refractivity contribution in [2.75, 3.05) is 0 Å². The zero-order valence-corrected chi connectivity index (χ0v) is 35.0. The highest BCUT2D eigenvalue weighted by atomic mass is 15.0. The molecular formula is C54H70N2. The van der Waals surface area contributed by atoms with Crippen LogP contribution in [0.3, 0.4) is 0 Å². The van der Waals surface area contributed by atoms with Crippen LogP contribution in [0.1, 0.15) is 188 Å². The fourth-order valence-electron chi connectivity index (χ4n) is 10.1. The molecule has 2 heterocycles. The summed E-state index contributed by atoms with van der Waals surface area (Å²) in [5.74, 6) is 0.353. The van der Waals surface area contributed by atoms with Crippen LogP contribution in [-0.2, 0) is 13.1 Å². The second-order valence-corrected chi connectivity index (χ2v) is 17.0. The number of rotatable bonds is 24. The molecule has 0 radical (unpaired) electrons. The standard InChI is InChI=1S/C54H70N2/c1-3-5-7-9-11-13-15-17-19-31-41-55-47-39-29-27-37-45(47)51-50(44-35-25-22-26-36-44)54-52(49(53(51)55)43-33-23-21-24-34-43)46-38-28-30-40-48(46)56(54)42-32-20-18-16-14-12-10-8-6-4-2/h21-30,33-40,49-50H,3-20,31-32,41-42H2,1-2H3/t49-,50+. The maximum atomic E-state index is 2.78. The Hall–Kier alpha value is -4.04. The lowest BCUT2D eigenvalue weighted by molar-refractivity contribution is 0.525. The van der Waals surface area contributed by atoms with Gasteiger partial charge in [-0.1, -0.05) is 226 Å². The van der Waals surface area contributed by atoms with Gasteiger partial charge in [-0.15, -0.1) is 0 Å². The molecule has 1 aliphatic carbocycles. The molecule has 2 aromatic heterocycles. The second-order valence-electron chi connectivity index (χ2n) is 17.0. The zero-order valence-electron chi connectivity index (χ0n) is 35.0. The minimum atomic E-state index is 0.176. The van der Waals surface area contributed by atoms with Gasteiger partial charge in [0.2, 0.25) is 0 Å². The van der Waals surface area contributed by atoms with E-state index < -0.39 is 0 Å². The van der Waals surface area contributed by atoms with Crippen LogP contribution in [0.25, 0.3) is 21.8 Å². The van der Waals surface area contributed by atoms with Crippen molar-refractivity contribution in [2.45, 2.75) is 167 Å². The van der Waals surface area contributed by atoms with Gasteiger partial charge in [0.1, 0.15) is 0 Å². The molecule has 1 aliphatic rings. The average molecular weight is 747 g/mol. The summed E-state index contributed by atoms with van der Waals surface area (Å²) in [5, 5.41) is 2.87. The van der Waals surface area contributed by atoms with Crippen LogP contribution >= 0.6 is 0 Å². The van der Waals surface area contributed by atoms with Gasteiger partial charge in [0.15, 0.2) is 0 Å². The molecule has 7 rings (SSSR count). The van der Waals surface area contributed by atoms with Gasteiger partial charge in [-0.05, 0) is 47.2 Å². The number of fused-ring (bicyclic) bond motifs is 6. The molecule has 2 heteroatoms. The summed E-state index contributed by atoms with van der Waals surface area (Å²) in [7, 11) is 0. The number of aromatic nitrogens is 2. The van der Waals surface area contributed by atoms with E-state index >= 15 is 0 Å². The molecule has 0 saturated carbocycles. The molecule has 0 N–H and O–H groups in total. The van der Waals surface area contributed by atoms with Crippen molar-refractivity contribution in [3.63, 3.8) is 0 Å². The molecule has 0 fully saturated rings. The van der Waals surface area contributed by atoms with Crippen LogP contribution < -0.4 is 0 Å². The van der Waals surface area contributed by atoms with Gasteiger partial charge in [0.05, 0.1) is 11.8 Å². The number of unbranched alkanes of at least 4 members (excludes halogenated alkanes) is 18. The summed E-state index contributed by atoms with van der Waals surface area (Å²) in [6, 6.07) is 41.8. The van der Waals surface area contributed by atoms with Crippen molar-refractivity contribution in [3.8, 4) is 0 Å². The number of hydrogen-bond donors (Lipinski definition) is 0. The Morgan fingerprint density at radius 1 is 0.339 bits per heavy atom. The van der Waals surface area contributed by atoms with E-state index in [9.17, 15) is 0 Å². The van der Waals surface area contributed by atoms with E-state index in [0.29, 0.717) is 0 Å². The number of benzene rings is 4. The summed E-state index contributed by atoms with van der Waals surface area (Å²) >= 11 is 0. The van der Waals surface area contributed by atoms with E-state index in [1.165, 1.54) is 184 Å². The Morgan fingerprint density at radius 2 is 0.643 bits per heavy atom. The van der Waals surface area contributed by atoms with Crippen molar-refractivity contribution in [2.24, 2.45) is 0 Å². The van der Waals surface area contributed by atoms with Crippen molar-refractivity contribution >= 4 is 21.8 Å². The highest BCUT2D eigenvalue weighted by molar-refractivity contribution is 5.94. The topological polar surface area (TPSA) is 9.86 Å².